The molecule has 2 aliphatic rings. The van der Waals surface area contributed by atoms with Crippen molar-refractivity contribution >= 4 is 19.2 Å². The zero-order chi connectivity index (χ0) is 11.3. The summed E-state index contributed by atoms with van der Waals surface area (Å²) in [7, 11) is 5.81. The SMILES string of the molecule is [B]c1cc(C)c2c(c1)CN(CC1CC1)C2=O. The summed E-state index contributed by atoms with van der Waals surface area (Å²) in [5.41, 5.74) is 3.76. The molecule has 1 aliphatic heterocycles. The second-order valence-corrected chi connectivity index (χ2v) is 5.00. The molecule has 0 saturated heterocycles. The number of aryl methyl sites for hydroxylation is 1. The van der Waals surface area contributed by atoms with Gasteiger partial charge in [0, 0.05) is 18.7 Å². The molecule has 1 aromatic carbocycles. The van der Waals surface area contributed by atoms with Crippen LogP contribution in [0.25, 0.3) is 0 Å². The Morgan fingerprint density at radius 3 is 2.88 bits per heavy atom. The molecule has 1 heterocycles. The van der Waals surface area contributed by atoms with Gasteiger partial charge in [0.25, 0.3) is 5.91 Å². The van der Waals surface area contributed by atoms with Crippen LogP contribution in [0.5, 0.6) is 0 Å². The van der Waals surface area contributed by atoms with Crippen LogP contribution >= 0.6 is 0 Å². The molecule has 1 fully saturated rings. The fourth-order valence-electron chi connectivity index (χ4n) is 2.52. The summed E-state index contributed by atoms with van der Waals surface area (Å²) in [5, 5.41) is 0. The molecule has 0 spiro atoms. The second kappa shape index (κ2) is 3.37. The molecule has 0 unspecified atom stereocenters. The van der Waals surface area contributed by atoms with E-state index in [2.05, 4.69) is 0 Å². The Morgan fingerprint density at radius 2 is 2.19 bits per heavy atom. The number of hydrogen-bond acceptors (Lipinski definition) is 1. The molecular weight excluding hydrogens is 197 g/mol. The molecule has 0 aromatic heterocycles. The minimum absolute atomic E-state index is 0.194. The van der Waals surface area contributed by atoms with Crippen molar-refractivity contribution in [3.63, 3.8) is 0 Å². The van der Waals surface area contributed by atoms with Crippen LogP contribution < -0.4 is 5.46 Å². The number of carbonyl (C=O) groups excluding carboxylic acids is 1. The van der Waals surface area contributed by atoms with Crippen LogP contribution in [0.2, 0.25) is 0 Å². The maximum atomic E-state index is 12.2. The number of hydrogen-bond donors (Lipinski definition) is 0. The minimum atomic E-state index is 0.194. The van der Waals surface area contributed by atoms with Gasteiger partial charge in [-0.1, -0.05) is 17.6 Å². The average Bonchev–Trinajstić information content (AvgIpc) is 2.93. The van der Waals surface area contributed by atoms with E-state index in [9.17, 15) is 4.79 Å². The lowest BCUT2D eigenvalue weighted by Crippen LogP contribution is -2.26. The zero-order valence-electron chi connectivity index (χ0n) is 9.49. The molecule has 1 aliphatic carbocycles. The molecule has 0 N–H and O–H groups in total. The predicted octanol–water partition coefficient (Wildman–Crippen LogP) is 1.15. The topological polar surface area (TPSA) is 20.3 Å². The van der Waals surface area contributed by atoms with Crippen molar-refractivity contribution in [2.24, 2.45) is 5.92 Å². The maximum absolute atomic E-state index is 12.2. The van der Waals surface area contributed by atoms with Crippen molar-refractivity contribution in [2.75, 3.05) is 6.54 Å². The molecule has 2 radical (unpaired) electrons. The highest BCUT2D eigenvalue weighted by Gasteiger charge is 2.33. The summed E-state index contributed by atoms with van der Waals surface area (Å²) in [6.07, 6.45) is 2.56. The van der Waals surface area contributed by atoms with E-state index in [0.29, 0.717) is 0 Å². The Morgan fingerprint density at radius 1 is 1.44 bits per heavy atom. The summed E-state index contributed by atoms with van der Waals surface area (Å²) < 4.78 is 0. The Bertz CT molecular complexity index is 465. The van der Waals surface area contributed by atoms with Gasteiger partial charge < -0.3 is 4.90 Å². The van der Waals surface area contributed by atoms with Gasteiger partial charge in [0.1, 0.15) is 7.85 Å². The van der Waals surface area contributed by atoms with Gasteiger partial charge in [0.2, 0.25) is 0 Å². The number of rotatable bonds is 2. The largest absolute Gasteiger partial charge is 0.334 e. The molecule has 16 heavy (non-hydrogen) atoms. The van der Waals surface area contributed by atoms with Crippen molar-refractivity contribution in [3.8, 4) is 0 Å². The summed E-state index contributed by atoms with van der Waals surface area (Å²) in [5.74, 6) is 0.940. The number of carbonyl (C=O) groups is 1. The molecule has 0 atom stereocenters. The van der Waals surface area contributed by atoms with Gasteiger partial charge in [0.05, 0.1) is 0 Å². The molecule has 0 bridgehead atoms. The lowest BCUT2D eigenvalue weighted by Gasteiger charge is -2.14. The third-order valence-electron chi connectivity index (χ3n) is 3.48. The third kappa shape index (κ3) is 1.55. The number of nitrogens with zero attached hydrogens (tertiary/aromatic N) is 1. The van der Waals surface area contributed by atoms with Crippen LogP contribution in [0.3, 0.4) is 0 Å². The fourth-order valence-corrected chi connectivity index (χ4v) is 2.52. The standard InChI is InChI=1S/C13H14BNO/c1-8-4-11(14)5-10-7-15(6-9-2-3-9)13(16)12(8)10/h4-5,9H,2-3,6-7H2,1H3. The quantitative estimate of drug-likeness (QED) is 0.672. The first-order valence-electron chi connectivity index (χ1n) is 5.83. The van der Waals surface area contributed by atoms with Crippen molar-refractivity contribution < 1.29 is 4.79 Å². The Balaban J connectivity index is 1.93. The molecule has 1 amide bonds. The van der Waals surface area contributed by atoms with Gasteiger partial charge >= 0.3 is 0 Å². The predicted molar refractivity (Wildman–Crippen MR) is 64.0 cm³/mol. The Kier molecular flexibility index (Phi) is 2.10. The molecular formula is C13H14BNO. The first-order chi connectivity index (χ1) is 7.65. The monoisotopic (exact) mass is 211 g/mol. The van der Waals surface area contributed by atoms with Gasteiger partial charge in [-0.3, -0.25) is 4.79 Å². The smallest absolute Gasteiger partial charge is 0.254 e. The summed E-state index contributed by atoms with van der Waals surface area (Å²) in [6, 6.07) is 3.82. The fraction of sp³-hybridized carbons (Fsp3) is 0.462. The van der Waals surface area contributed by atoms with E-state index in [1.807, 2.05) is 24.0 Å². The lowest BCUT2D eigenvalue weighted by molar-refractivity contribution is 0.0770. The maximum Gasteiger partial charge on any atom is 0.254 e. The molecule has 80 valence electrons. The van der Waals surface area contributed by atoms with Crippen LogP contribution in [0.1, 0.15) is 34.3 Å². The van der Waals surface area contributed by atoms with E-state index in [4.69, 9.17) is 7.85 Å². The van der Waals surface area contributed by atoms with E-state index in [0.717, 1.165) is 41.2 Å². The van der Waals surface area contributed by atoms with Crippen molar-refractivity contribution in [3.05, 3.63) is 28.8 Å². The minimum Gasteiger partial charge on any atom is -0.334 e. The average molecular weight is 211 g/mol. The summed E-state index contributed by atoms with van der Waals surface area (Å²) >= 11 is 0. The van der Waals surface area contributed by atoms with Crippen LogP contribution in [-0.2, 0) is 6.54 Å². The third-order valence-corrected chi connectivity index (χ3v) is 3.48. The van der Waals surface area contributed by atoms with Crippen LogP contribution in [0.15, 0.2) is 12.1 Å². The number of benzene rings is 1. The van der Waals surface area contributed by atoms with Gasteiger partial charge in [-0.05, 0) is 36.8 Å². The van der Waals surface area contributed by atoms with Crippen LogP contribution in [0, 0.1) is 12.8 Å². The van der Waals surface area contributed by atoms with Gasteiger partial charge in [-0.25, -0.2) is 0 Å². The van der Waals surface area contributed by atoms with Gasteiger partial charge in [-0.2, -0.15) is 0 Å². The second-order valence-electron chi connectivity index (χ2n) is 5.00. The highest BCUT2D eigenvalue weighted by molar-refractivity contribution is 6.32. The zero-order valence-corrected chi connectivity index (χ0v) is 9.49. The summed E-state index contributed by atoms with van der Waals surface area (Å²) in [4.78, 5) is 14.1. The van der Waals surface area contributed by atoms with E-state index < -0.39 is 0 Å². The normalized spacial score (nSPS) is 19.1. The Labute approximate surface area is 97.0 Å². The van der Waals surface area contributed by atoms with Crippen LogP contribution in [0.4, 0.5) is 0 Å². The Hall–Kier alpha value is -1.25. The van der Waals surface area contributed by atoms with Crippen molar-refractivity contribution in [2.45, 2.75) is 26.3 Å². The van der Waals surface area contributed by atoms with Crippen molar-refractivity contribution in [1.29, 1.82) is 0 Å². The lowest BCUT2D eigenvalue weighted by atomic mass is 9.90. The van der Waals surface area contributed by atoms with Gasteiger partial charge in [0.15, 0.2) is 0 Å². The first-order valence-corrected chi connectivity index (χ1v) is 5.83. The van der Waals surface area contributed by atoms with E-state index >= 15 is 0 Å². The highest BCUT2D eigenvalue weighted by Crippen LogP contribution is 2.33. The number of amides is 1. The first kappa shape index (κ1) is 9.94. The molecule has 1 saturated carbocycles. The van der Waals surface area contributed by atoms with Crippen LogP contribution in [-0.4, -0.2) is 25.2 Å². The van der Waals surface area contributed by atoms with E-state index in [1.54, 1.807) is 0 Å². The highest BCUT2D eigenvalue weighted by atomic mass is 16.2. The molecule has 1 aromatic rings. The number of fused-ring (bicyclic) bond motifs is 1. The molecule has 2 nitrogen and oxygen atoms in total. The van der Waals surface area contributed by atoms with Crippen molar-refractivity contribution in [1.82, 2.24) is 4.90 Å². The molecule has 3 heteroatoms. The van der Waals surface area contributed by atoms with E-state index in [1.165, 1.54) is 12.8 Å². The van der Waals surface area contributed by atoms with Gasteiger partial charge in [-0.15, -0.1) is 0 Å². The molecule has 3 rings (SSSR count). The summed E-state index contributed by atoms with van der Waals surface area (Å²) in [6.45, 7) is 3.64. The van der Waals surface area contributed by atoms with E-state index in [-0.39, 0.29) is 5.91 Å².